The topological polar surface area (TPSA) is 26.3 Å². The smallest absolute Gasteiger partial charge is 0.192 e. The van der Waals surface area contributed by atoms with Gasteiger partial charge in [-0.2, -0.15) is 0 Å². The summed E-state index contributed by atoms with van der Waals surface area (Å²) in [5, 5.41) is 0.909. The number of ketones is 1. The SMILES string of the molecule is CC(OCCC1CCC1)C(=O)c1ccc(Cl)cc1Cl. The Morgan fingerprint density at radius 2 is 2.16 bits per heavy atom. The second-order valence-electron chi connectivity index (χ2n) is 5.09. The van der Waals surface area contributed by atoms with Gasteiger partial charge in [0.05, 0.1) is 5.02 Å². The summed E-state index contributed by atoms with van der Waals surface area (Å²) >= 11 is 11.8. The van der Waals surface area contributed by atoms with E-state index in [0.29, 0.717) is 22.2 Å². The van der Waals surface area contributed by atoms with Gasteiger partial charge in [0.15, 0.2) is 5.78 Å². The van der Waals surface area contributed by atoms with Crippen LogP contribution >= 0.6 is 23.2 Å². The lowest BCUT2D eigenvalue weighted by atomic mass is 9.83. The zero-order valence-corrected chi connectivity index (χ0v) is 12.5. The van der Waals surface area contributed by atoms with Crippen LogP contribution in [0, 0.1) is 5.92 Å². The average Bonchev–Trinajstić information content (AvgIpc) is 2.31. The zero-order valence-electron chi connectivity index (χ0n) is 11.0. The lowest BCUT2D eigenvalue weighted by molar-refractivity contribution is 0.0396. The van der Waals surface area contributed by atoms with Crippen LogP contribution in [0.25, 0.3) is 0 Å². The van der Waals surface area contributed by atoms with Crippen molar-refractivity contribution in [2.45, 2.75) is 38.7 Å². The first-order valence-corrected chi connectivity index (χ1v) is 7.44. The first-order chi connectivity index (χ1) is 9.08. The lowest BCUT2D eigenvalue weighted by Crippen LogP contribution is -2.23. The third kappa shape index (κ3) is 3.95. The summed E-state index contributed by atoms with van der Waals surface area (Å²) < 4.78 is 5.61. The molecule has 1 unspecified atom stereocenters. The summed E-state index contributed by atoms with van der Waals surface area (Å²) in [6.07, 6.45) is 4.52. The van der Waals surface area contributed by atoms with E-state index >= 15 is 0 Å². The van der Waals surface area contributed by atoms with Gasteiger partial charge in [-0.3, -0.25) is 4.79 Å². The van der Waals surface area contributed by atoms with Crippen molar-refractivity contribution in [2.24, 2.45) is 5.92 Å². The van der Waals surface area contributed by atoms with E-state index in [2.05, 4.69) is 0 Å². The molecule has 0 bridgehead atoms. The van der Waals surface area contributed by atoms with E-state index in [4.69, 9.17) is 27.9 Å². The van der Waals surface area contributed by atoms with Crippen molar-refractivity contribution < 1.29 is 9.53 Å². The molecule has 1 aliphatic carbocycles. The number of carbonyl (C=O) groups excluding carboxylic acids is 1. The molecule has 1 atom stereocenters. The van der Waals surface area contributed by atoms with Gasteiger partial charge in [0.25, 0.3) is 0 Å². The fraction of sp³-hybridized carbons (Fsp3) is 0.533. The van der Waals surface area contributed by atoms with Crippen molar-refractivity contribution in [3.05, 3.63) is 33.8 Å². The summed E-state index contributed by atoms with van der Waals surface area (Å²) in [6.45, 7) is 2.41. The van der Waals surface area contributed by atoms with Crippen molar-refractivity contribution in [1.29, 1.82) is 0 Å². The number of ether oxygens (including phenoxy) is 1. The van der Waals surface area contributed by atoms with Gasteiger partial charge < -0.3 is 4.74 Å². The van der Waals surface area contributed by atoms with Crippen LogP contribution in [-0.2, 0) is 4.74 Å². The Morgan fingerprint density at radius 3 is 2.74 bits per heavy atom. The van der Waals surface area contributed by atoms with Gasteiger partial charge in [-0.1, -0.05) is 42.5 Å². The maximum atomic E-state index is 12.2. The van der Waals surface area contributed by atoms with Crippen LogP contribution in [0.3, 0.4) is 0 Å². The first-order valence-electron chi connectivity index (χ1n) is 6.69. The fourth-order valence-electron chi connectivity index (χ4n) is 2.18. The summed E-state index contributed by atoms with van der Waals surface area (Å²) in [4.78, 5) is 12.2. The Hall–Kier alpha value is -0.570. The Bertz CT molecular complexity index is 455. The molecule has 0 amide bonds. The van der Waals surface area contributed by atoms with E-state index in [0.717, 1.165) is 12.3 Å². The lowest BCUT2D eigenvalue weighted by Gasteiger charge is -2.25. The molecule has 19 heavy (non-hydrogen) atoms. The van der Waals surface area contributed by atoms with Crippen molar-refractivity contribution in [2.75, 3.05) is 6.61 Å². The van der Waals surface area contributed by atoms with E-state index in [1.807, 2.05) is 0 Å². The van der Waals surface area contributed by atoms with E-state index in [1.54, 1.807) is 25.1 Å². The number of hydrogen-bond donors (Lipinski definition) is 0. The van der Waals surface area contributed by atoms with Gasteiger partial charge in [0.2, 0.25) is 0 Å². The van der Waals surface area contributed by atoms with Crippen LogP contribution in [0.15, 0.2) is 18.2 Å². The molecule has 1 aromatic rings. The van der Waals surface area contributed by atoms with Crippen LogP contribution in [0.1, 0.15) is 43.0 Å². The molecule has 0 saturated heterocycles. The number of Topliss-reactive ketones (excluding diaryl/α,β-unsaturated/α-hetero) is 1. The van der Waals surface area contributed by atoms with Gasteiger partial charge in [-0.15, -0.1) is 0 Å². The third-order valence-electron chi connectivity index (χ3n) is 3.68. The minimum atomic E-state index is -0.459. The van der Waals surface area contributed by atoms with Crippen molar-refractivity contribution in [3.63, 3.8) is 0 Å². The minimum Gasteiger partial charge on any atom is -0.370 e. The highest BCUT2D eigenvalue weighted by Crippen LogP contribution is 2.29. The van der Waals surface area contributed by atoms with Gasteiger partial charge in [-0.05, 0) is 37.5 Å². The average molecular weight is 301 g/mol. The molecule has 0 radical (unpaired) electrons. The van der Waals surface area contributed by atoms with Gasteiger partial charge >= 0.3 is 0 Å². The van der Waals surface area contributed by atoms with E-state index in [-0.39, 0.29) is 5.78 Å². The number of rotatable bonds is 6. The van der Waals surface area contributed by atoms with Crippen LogP contribution in [0.2, 0.25) is 10.0 Å². The highest BCUT2D eigenvalue weighted by molar-refractivity contribution is 6.37. The van der Waals surface area contributed by atoms with Crippen LogP contribution in [0.5, 0.6) is 0 Å². The molecular formula is C15H18Cl2O2. The molecule has 0 heterocycles. The van der Waals surface area contributed by atoms with Gasteiger partial charge in [-0.25, -0.2) is 0 Å². The van der Waals surface area contributed by atoms with Crippen LogP contribution in [-0.4, -0.2) is 18.5 Å². The maximum Gasteiger partial charge on any atom is 0.192 e. The molecule has 104 valence electrons. The summed E-state index contributed by atoms with van der Waals surface area (Å²) in [5.41, 5.74) is 0.474. The predicted octanol–water partition coefficient (Wildman–Crippen LogP) is 4.77. The molecule has 0 spiro atoms. The number of halogens is 2. The molecule has 1 aromatic carbocycles. The molecule has 1 fully saturated rings. The summed E-state index contributed by atoms with van der Waals surface area (Å²) in [7, 11) is 0. The fourth-order valence-corrected chi connectivity index (χ4v) is 2.68. The van der Waals surface area contributed by atoms with E-state index < -0.39 is 6.10 Å². The molecule has 0 aromatic heterocycles. The van der Waals surface area contributed by atoms with Crippen molar-refractivity contribution in [1.82, 2.24) is 0 Å². The largest absolute Gasteiger partial charge is 0.370 e. The number of benzene rings is 1. The van der Waals surface area contributed by atoms with E-state index in [9.17, 15) is 4.79 Å². The van der Waals surface area contributed by atoms with Gasteiger partial charge in [0, 0.05) is 17.2 Å². The molecule has 0 aliphatic heterocycles. The molecule has 1 aliphatic rings. The summed E-state index contributed by atoms with van der Waals surface area (Å²) in [6, 6.07) is 4.90. The highest BCUT2D eigenvalue weighted by atomic mass is 35.5. The van der Waals surface area contributed by atoms with Crippen molar-refractivity contribution >= 4 is 29.0 Å². The number of hydrogen-bond acceptors (Lipinski definition) is 2. The zero-order chi connectivity index (χ0) is 13.8. The van der Waals surface area contributed by atoms with E-state index in [1.165, 1.54) is 19.3 Å². The molecule has 0 N–H and O–H groups in total. The molecule has 2 nitrogen and oxygen atoms in total. The standard InChI is InChI=1S/C15H18Cl2O2/c1-10(19-8-7-11-3-2-4-11)15(18)13-6-5-12(16)9-14(13)17/h5-6,9-11H,2-4,7-8H2,1H3. The van der Waals surface area contributed by atoms with Crippen LogP contribution in [0.4, 0.5) is 0 Å². The summed E-state index contributed by atoms with van der Waals surface area (Å²) in [5.74, 6) is 0.705. The first kappa shape index (κ1) is 14.8. The molecular weight excluding hydrogens is 283 g/mol. The Morgan fingerprint density at radius 1 is 1.42 bits per heavy atom. The third-order valence-corrected chi connectivity index (χ3v) is 4.23. The molecule has 1 saturated carbocycles. The second kappa shape index (κ2) is 6.74. The number of carbonyl (C=O) groups is 1. The minimum absolute atomic E-state index is 0.0877. The highest BCUT2D eigenvalue weighted by Gasteiger charge is 2.21. The van der Waals surface area contributed by atoms with Crippen molar-refractivity contribution in [3.8, 4) is 0 Å². The predicted molar refractivity (Wildman–Crippen MR) is 78.2 cm³/mol. The maximum absolute atomic E-state index is 12.2. The molecule has 4 heteroatoms. The second-order valence-corrected chi connectivity index (χ2v) is 5.93. The normalized spacial score (nSPS) is 17.0. The monoisotopic (exact) mass is 300 g/mol. The van der Waals surface area contributed by atoms with Crippen LogP contribution < -0.4 is 0 Å². The quantitative estimate of drug-likeness (QED) is 0.707. The Balaban J connectivity index is 1.86. The molecule has 2 rings (SSSR count). The Kier molecular flexibility index (Phi) is 5.26. The Labute approximate surface area is 124 Å². The van der Waals surface area contributed by atoms with Gasteiger partial charge in [0.1, 0.15) is 6.10 Å².